The highest BCUT2D eigenvalue weighted by Gasteiger charge is 2.16. The Morgan fingerprint density at radius 1 is 1.37 bits per heavy atom. The molecular weight excluding hydrogens is 252 g/mol. The molecule has 1 aromatic carbocycles. The number of nitro groups is 1. The van der Waals surface area contributed by atoms with E-state index in [2.05, 4.69) is 4.74 Å². The third-order valence-electron chi connectivity index (χ3n) is 2.62. The number of benzene rings is 1. The van der Waals surface area contributed by atoms with Gasteiger partial charge in [0, 0.05) is 24.4 Å². The topological polar surface area (TPSA) is 81.9 Å². The molecule has 0 N–H and O–H groups in total. The molecule has 0 bridgehead atoms. The molecule has 0 atom stereocenters. The van der Waals surface area contributed by atoms with Crippen LogP contribution in [0.5, 0.6) is 5.75 Å². The Labute approximate surface area is 110 Å². The normalized spacial score (nSPS) is 9.84. The maximum Gasteiger partial charge on any atom is 0.325 e. The van der Waals surface area contributed by atoms with Crippen LogP contribution in [-0.4, -0.2) is 38.2 Å². The monoisotopic (exact) mass is 268 g/mol. The molecule has 0 spiro atoms. The van der Waals surface area contributed by atoms with Crippen LogP contribution >= 0.6 is 0 Å². The molecule has 0 aliphatic heterocycles. The first-order valence-corrected chi connectivity index (χ1v) is 5.67. The van der Waals surface area contributed by atoms with Crippen LogP contribution in [0.4, 0.5) is 11.4 Å². The smallest absolute Gasteiger partial charge is 0.325 e. The van der Waals surface area contributed by atoms with E-state index in [0.717, 1.165) is 0 Å². The van der Waals surface area contributed by atoms with Crippen LogP contribution in [0.15, 0.2) is 18.2 Å². The van der Waals surface area contributed by atoms with Crippen LogP contribution in [0.2, 0.25) is 0 Å². The first-order chi connectivity index (χ1) is 9.01. The molecule has 0 fully saturated rings. The number of ether oxygens (including phenoxy) is 2. The quantitative estimate of drug-likeness (QED) is 0.443. The Hall–Kier alpha value is -2.31. The van der Waals surface area contributed by atoms with Crippen molar-refractivity contribution in [2.45, 2.75) is 6.92 Å². The summed E-state index contributed by atoms with van der Waals surface area (Å²) < 4.78 is 9.62. The Bertz CT molecular complexity index is 475. The highest BCUT2D eigenvalue weighted by atomic mass is 16.6. The highest BCUT2D eigenvalue weighted by Crippen LogP contribution is 2.28. The Morgan fingerprint density at radius 3 is 2.53 bits per heavy atom. The van der Waals surface area contributed by atoms with Crippen molar-refractivity contribution in [2.75, 3.05) is 32.2 Å². The summed E-state index contributed by atoms with van der Waals surface area (Å²) in [5.74, 6) is -0.0418. The fourth-order valence-corrected chi connectivity index (χ4v) is 1.58. The largest absolute Gasteiger partial charge is 0.496 e. The average Bonchev–Trinajstić information content (AvgIpc) is 2.43. The molecule has 0 saturated carbocycles. The number of nitro benzene ring substituents is 1. The maximum atomic E-state index is 11.3. The minimum Gasteiger partial charge on any atom is -0.496 e. The van der Waals surface area contributed by atoms with E-state index in [1.807, 2.05) is 6.92 Å². The molecule has 104 valence electrons. The number of carbonyl (C=O) groups is 1. The summed E-state index contributed by atoms with van der Waals surface area (Å²) in [4.78, 5) is 23.3. The SMILES string of the molecule is CCN(CC(=O)OC)c1cc(OC)cc([N+](=O)[O-])c1. The van der Waals surface area contributed by atoms with Crippen molar-refractivity contribution in [2.24, 2.45) is 0 Å². The van der Waals surface area contributed by atoms with E-state index in [1.165, 1.54) is 26.4 Å². The predicted molar refractivity (Wildman–Crippen MR) is 69.6 cm³/mol. The molecule has 1 rings (SSSR count). The van der Waals surface area contributed by atoms with Gasteiger partial charge in [0.2, 0.25) is 0 Å². The predicted octanol–water partition coefficient (Wildman–Crippen LogP) is 1.60. The number of non-ortho nitro benzene ring substituents is 1. The van der Waals surface area contributed by atoms with Crippen LogP contribution in [0.1, 0.15) is 6.92 Å². The van der Waals surface area contributed by atoms with Crippen LogP contribution < -0.4 is 9.64 Å². The van der Waals surface area contributed by atoms with E-state index >= 15 is 0 Å². The number of anilines is 1. The number of methoxy groups -OCH3 is 2. The van der Waals surface area contributed by atoms with E-state index in [-0.39, 0.29) is 12.2 Å². The molecule has 7 heteroatoms. The molecule has 0 heterocycles. The zero-order chi connectivity index (χ0) is 14.4. The lowest BCUT2D eigenvalue weighted by atomic mass is 10.2. The van der Waals surface area contributed by atoms with Crippen molar-refractivity contribution in [1.82, 2.24) is 0 Å². The molecule has 0 aromatic heterocycles. The van der Waals surface area contributed by atoms with Gasteiger partial charge in [-0.25, -0.2) is 0 Å². The summed E-state index contributed by atoms with van der Waals surface area (Å²) in [6, 6.07) is 4.36. The zero-order valence-electron chi connectivity index (χ0n) is 11.1. The highest BCUT2D eigenvalue weighted by molar-refractivity contribution is 5.76. The molecule has 1 aromatic rings. The first-order valence-electron chi connectivity index (χ1n) is 5.67. The number of esters is 1. The summed E-state index contributed by atoms with van der Waals surface area (Å²) in [5.41, 5.74) is 0.455. The van der Waals surface area contributed by atoms with Crippen molar-refractivity contribution in [3.63, 3.8) is 0 Å². The second kappa shape index (κ2) is 6.58. The number of rotatable bonds is 6. The molecule has 0 unspecified atom stereocenters. The van der Waals surface area contributed by atoms with Gasteiger partial charge in [0.15, 0.2) is 0 Å². The van der Waals surface area contributed by atoms with Crippen LogP contribution in [0.3, 0.4) is 0 Å². The van der Waals surface area contributed by atoms with E-state index in [1.54, 1.807) is 11.0 Å². The van der Waals surface area contributed by atoms with Gasteiger partial charge in [0.05, 0.1) is 25.2 Å². The van der Waals surface area contributed by atoms with Crippen molar-refractivity contribution >= 4 is 17.3 Å². The molecule has 0 aliphatic rings. The fourth-order valence-electron chi connectivity index (χ4n) is 1.58. The minimum absolute atomic E-state index is 0.0251. The van der Waals surface area contributed by atoms with Gasteiger partial charge < -0.3 is 14.4 Å². The van der Waals surface area contributed by atoms with Gasteiger partial charge in [-0.3, -0.25) is 14.9 Å². The number of carbonyl (C=O) groups excluding carboxylic acids is 1. The number of likely N-dealkylation sites (N-methyl/N-ethyl adjacent to an activating group) is 1. The molecule has 19 heavy (non-hydrogen) atoms. The second-order valence-corrected chi connectivity index (χ2v) is 3.74. The van der Waals surface area contributed by atoms with E-state index < -0.39 is 10.9 Å². The average molecular weight is 268 g/mol. The van der Waals surface area contributed by atoms with Gasteiger partial charge in [0.25, 0.3) is 5.69 Å². The fraction of sp³-hybridized carbons (Fsp3) is 0.417. The number of hydrogen-bond donors (Lipinski definition) is 0. The van der Waals surface area contributed by atoms with Crippen molar-refractivity contribution in [1.29, 1.82) is 0 Å². The van der Waals surface area contributed by atoms with E-state index in [4.69, 9.17) is 4.74 Å². The lowest BCUT2D eigenvalue weighted by Gasteiger charge is -2.21. The summed E-state index contributed by atoms with van der Waals surface area (Å²) >= 11 is 0. The molecular formula is C12H16N2O5. The third-order valence-corrected chi connectivity index (χ3v) is 2.62. The lowest BCUT2D eigenvalue weighted by Crippen LogP contribution is -2.30. The minimum atomic E-state index is -0.502. The Balaban J connectivity index is 3.11. The summed E-state index contributed by atoms with van der Waals surface area (Å²) in [6.07, 6.45) is 0. The Kier molecular flexibility index (Phi) is 5.11. The molecule has 0 aliphatic carbocycles. The molecule has 0 saturated heterocycles. The van der Waals surface area contributed by atoms with Crippen molar-refractivity contribution in [3.8, 4) is 5.75 Å². The van der Waals surface area contributed by atoms with Crippen molar-refractivity contribution in [3.05, 3.63) is 28.3 Å². The van der Waals surface area contributed by atoms with Gasteiger partial charge in [-0.2, -0.15) is 0 Å². The Morgan fingerprint density at radius 2 is 2.05 bits per heavy atom. The molecule has 7 nitrogen and oxygen atoms in total. The van der Waals surface area contributed by atoms with Gasteiger partial charge in [-0.15, -0.1) is 0 Å². The first kappa shape index (κ1) is 14.7. The van der Waals surface area contributed by atoms with E-state index in [0.29, 0.717) is 18.0 Å². The van der Waals surface area contributed by atoms with Crippen LogP contribution in [-0.2, 0) is 9.53 Å². The van der Waals surface area contributed by atoms with Crippen molar-refractivity contribution < 1.29 is 19.2 Å². The molecule has 0 amide bonds. The molecule has 0 radical (unpaired) electrons. The van der Waals surface area contributed by atoms with Gasteiger partial charge in [-0.1, -0.05) is 0 Å². The van der Waals surface area contributed by atoms with Crippen LogP contribution in [0, 0.1) is 10.1 Å². The number of nitrogens with zero attached hydrogens (tertiary/aromatic N) is 2. The number of hydrogen-bond acceptors (Lipinski definition) is 6. The zero-order valence-corrected chi connectivity index (χ0v) is 11.1. The lowest BCUT2D eigenvalue weighted by molar-refractivity contribution is -0.384. The summed E-state index contributed by atoms with van der Waals surface area (Å²) in [7, 11) is 2.73. The van der Waals surface area contributed by atoms with Crippen LogP contribution in [0.25, 0.3) is 0 Å². The van der Waals surface area contributed by atoms with Gasteiger partial charge >= 0.3 is 5.97 Å². The summed E-state index contributed by atoms with van der Waals surface area (Å²) in [5, 5.41) is 10.9. The second-order valence-electron chi connectivity index (χ2n) is 3.74. The standard InChI is InChI=1S/C12H16N2O5/c1-4-13(8-12(15)19-3)9-5-10(14(16)17)7-11(6-9)18-2/h5-7H,4,8H2,1-3H3. The van der Waals surface area contributed by atoms with Gasteiger partial charge in [-0.05, 0) is 6.92 Å². The third kappa shape index (κ3) is 3.84. The summed E-state index contributed by atoms with van der Waals surface area (Å²) in [6.45, 7) is 2.38. The van der Waals surface area contributed by atoms with Gasteiger partial charge in [0.1, 0.15) is 12.3 Å². The maximum absolute atomic E-state index is 11.3. The van der Waals surface area contributed by atoms with E-state index in [9.17, 15) is 14.9 Å².